The highest BCUT2D eigenvalue weighted by molar-refractivity contribution is 7.80. The summed E-state index contributed by atoms with van der Waals surface area (Å²) in [6.45, 7) is 14.6. The zero-order chi connectivity index (χ0) is 13.9. The molecule has 0 aliphatic rings. The minimum absolute atomic E-state index is 0. The summed E-state index contributed by atoms with van der Waals surface area (Å²) in [6.07, 6.45) is 0. The lowest BCUT2D eigenvalue weighted by Crippen LogP contribution is -2.37. The van der Waals surface area contributed by atoms with Crippen molar-refractivity contribution in [1.29, 1.82) is 0 Å². The third-order valence-electron chi connectivity index (χ3n) is 2.28. The van der Waals surface area contributed by atoms with E-state index >= 15 is 0 Å². The van der Waals surface area contributed by atoms with Crippen LogP contribution >= 0.6 is 0 Å². The van der Waals surface area contributed by atoms with E-state index in [1.165, 1.54) is 0 Å². The first-order valence-electron chi connectivity index (χ1n) is 5.59. The van der Waals surface area contributed by atoms with Gasteiger partial charge in [0.05, 0.1) is 6.67 Å². The fourth-order valence-electron chi connectivity index (χ4n) is 1.13. The lowest BCUT2D eigenvalue weighted by Gasteiger charge is -2.26. The van der Waals surface area contributed by atoms with Gasteiger partial charge in [0, 0.05) is 0 Å². The predicted molar refractivity (Wildman–Crippen MR) is 76.0 cm³/mol. The fraction of sp³-hybridized carbons (Fsp3) is 1.00. The highest BCUT2D eigenvalue weighted by atomic mass is 32.3. The van der Waals surface area contributed by atoms with Gasteiger partial charge in [0.15, 0.2) is 0 Å². The first-order chi connectivity index (χ1) is 7.84. The van der Waals surface area contributed by atoms with E-state index in [1.54, 1.807) is 0 Å². The number of nitrogens with zero attached hydrogens (tertiary/aromatic N) is 2. The van der Waals surface area contributed by atoms with E-state index in [1.807, 2.05) is 0 Å². The Morgan fingerprint density at radius 2 is 1.11 bits per heavy atom. The molecule has 0 saturated heterocycles. The monoisotopic (exact) mass is 306 g/mol. The van der Waals surface area contributed by atoms with E-state index in [0.29, 0.717) is 0 Å². The predicted octanol–water partition coefficient (Wildman–Crippen LogP) is 1.23. The van der Waals surface area contributed by atoms with Crippen LogP contribution in [0.2, 0.25) is 0 Å². The Kier molecular flexibility index (Phi) is 22.4. The van der Waals surface area contributed by atoms with Crippen molar-refractivity contribution < 1.29 is 22.6 Å². The van der Waals surface area contributed by atoms with Crippen LogP contribution in [0.3, 0.4) is 0 Å². The molecule has 0 spiro atoms. The van der Waals surface area contributed by atoms with Crippen molar-refractivity contribution in [2.45, 2.75) is 27.7 Å². The van der Waals surface area contributed by atoms with Crippen molar-refractivity contribution in [1.82, 2.24) is 22.1 Å². The maximum atomic E-state index is 9.08. The van der Waals surface area contributed by atoms with E-state index in [9.17, 15) is 0 Å². The van der Waals surface area contributed by atoms with Crippen LogP contribution in [0.25, 0.3) is 0 Å². The Bertz CT molecular complexity index is 245. The summed E-state index contributed by atoms with van der Waals surface area (Å²) in [7, 11) is -4.61. The van der Waals surface area contributed by atoms with Crippen LogP contribution in [0, 0.1) is 0 Å². The quantitative estimate of drug-likeness (QED) is 0.234. The van der Waals surface area contributed by atoms with Gasteiger partial charge in [0.25, 0.3) is 0 Å². The molecular weight excluding hydrogens is 276 g/mol. The van der Waals surface area contributed by atoms with Gasteiger partial charge in [-0.15, -0.1) is 0 Å². The normalized spacial score (nSPS) is 10.3. The number of rotatable bonds is 7. The lowest BCUT2D eigenvalue weighted by molar-refractivity contribution is -0.139. The Labute approximate surface area is 116 Å². The second-order valence-electron chi connectivity index (χ2n) is 3.25. The molecule has 122 valence electrons. The molecule has 0 aromatic heterocycles. The lowest BCUT2D eigenvalue weighted by atomic mass is 10.5. The maximum absolute atomic E-state index is 9.08. The average molecular weight is 306 g/mol. The summed E-state index contributed by atoms with van der Waals surface area (Å²) in [5.74, 6) is 0. The molecule has 0 unspecified atom stereocenters. The largest absolute Gasteiger partial charge is 0.423 e. The Balaban J connectivity index is -0.000000123. The average Bonchev–Trinajstić information content (AvgIpc) is 2.31. The summed E-state index contributed by atoms with van der Waals surface area (Å²) in [5.41, 5.74) is 0. The van der Waals surface area contributed by atoms with Crippen LogP contribution in [-0.2, 0) is 14.7 Å². The van der Waals surface area contributed by atoms with Gasteiger partial charge in [-0.2, -0.15) is 8.42 Å². The van der Waals surface area contributed by atoms with Gasteiger partial charge in [-0.05, 0) is 26.2 Å². The molecule has 0 fully saturated rings. The van der Waals surface area contributed by atoms with Crippen molar-refractivity contribution in [2.75, 3.05) is 32.8 Å². The van der Waals surface area contributed by atoms with Gasteiger partial charge in [0.1, 0.15) is 0 Å². The molecule has 0 radical (unpaired) electrons. The SMILES string of the molecule is CCN(CC)CN(CC)CC.N.N.O=S(=O)(O)OO. The molecule has 0 rings (SSSR count). The van der Waals surface area contributed by atoms with E-state index in [2.05, 4.69) is 41.8 Å². The molecule has 0 heterocycles. The van der Waals surface area contributed by atoms with Gasteiger partial charge in [-0.25, -0.2) is 5.26 Å². The first kappa shape index (κ1) is 27.1. The molecule has 0 aromatic carbocycles. The van der Waals surface area contributed by atoms with Crippen molar-refractivity contribution >= 4 is 10.4 Å². The molecule has 0 bridgehead atoms. The Hall–Kier alpha value is -0.330. The second kappa shape index (κ2) is 15.7. The minimum atomic E-state index is -4.61. The van der Waals surface area contributed by atoms with Gasteiger partial charge in [-0.1, -0.05) is 32.0 Å². The van der Waals surface area contributed by atoms with E-state index in [-0.39, 0.29) is 12.3 Å². The van der Waals surface area contributed by atoms with Crippen LogP contribution < -0.4 is 12.3 Å². The summed E-state index contributed by atoms with van der Waals surface area (Å²) in [6, 6.07) is 0. The smallest absolute Gasteiger partial charge is 0.344 e. The van der Waals surface area contributed by atoms with Crippen molar-refractivity contribution in [3.63, 3.8) is 0 Å². The summed E-state index contributed by atoms with van der Waals surface area (Å²) in [4.78, 5) is 4.88. The summed E-state index contributed by atoms with van der Waals surface area (Å²) < 4.78 is 28.0. The van der Waals surface area contributed by atoms with Crippen molar-refractivity contribution in [2.24, 2.45) is 0 Å². The van der Waals surface area contributed by atoms with Crippen molar-refractivity contribution in [3.8, 4) is 0 Å². The number of hydrogen-bond acceptors (Lipinski definition) is 8. The topological polar surface area (TPSA) is 160 Å². The van der Waals surface area contributed by atoms with Crippen LogP contribution in [0.15, 0.2) is 0 Å². The molecule has 0 atom stereocenters. The zero-order valence-electron chi connectivity index (χ0n) is 12.4. The highest BCUT2D eigenvalue weighted by Crippen LogP contribution is 1.92. The van der Waals surface area contributed by atoms with E-state index < -0.39 is 10.4 Å². The molecule has 0 aliphatic carbocycles. The van der Waals surface area contributed by atoms with Crippen LogP contribution in [0.1, 0.15) is 27.7 Å². The minimum Gasteiger partial charge on any atom is -0.344 e. The van der Waals surface area contributed by atoms with E-state index in [4.69, 9.17) is 18.2 Å². The van der Waals surface area contributed by atoms with Crippen LogP contribution in [0.4, 0.5) is 0 Å². The molecule has 19 heavy (non-hydrogen) atoms. The zero-order valence-corrected chi connectivity index (χ0v) is 13.2. The summed E-state index contributed by atoms with van der Waals surface area (Å²) >= 11 is 0. The second-order valence-corrected chi connectivity index (χ2v) is 4.25. The van der Waals surface area contributed by atoms with E-state index in [0.717, 1.165) is 32.8 Å². The van der Waals surface area contributed by atoms with Crippen LogP contribution in [-0.4, -0.2) is 60.9 Å². The maximum Gasteiger partial charge on any atom is 0.423 e. The molecule has 0 aromatic rings. The van der Waals surface area contributed by atoms with Crippen molar-refractivity contribution in [3.05, 3.63) is 0 Å². The standard InChI is InChI=1S/C9H22N2.2H3N.H2O5S/c1-5-10(6-2)9-11(7-3)8-4;;;1-5-6(2,3)4/h5-9H2,1-4H3;2*1H3;1H,(H,2,3,4). The first-order valence-corrected chi connectivity index (χ1v) is 6.96. The van der Waals surface area contributed by atoms with Crippen LogP contribution in [0.5, 0.6) is 0 Å². The van der Waals surface area contributed by atoms with Gasteiger partial charge in [-0.3, -0.25) is 14.4 Å². The molecule has 10 heteroatoms. The molecule has 0 amide bonds. The van der Waals surface area contributed by atoms with Gasteiger partial charge >= 0.3 is 10.4 Å². The third kappa shape index (κ3) is 20.2. The molecule has 9 nitrogen and oxygen atoms in total. The highest BCUT2D eigenvalue weighted by Gasteiger charge is 2.03. The fourth-order valence-corrected chi connectivity index (χ4v) is 1.13. The third-order valence-corrected chi connectivity index (χ3v) is 2.47. The molecular formula is C9H30N4O5S. The number of hydrogen-bond donors (Lipinski definition) is 4. The molecule has 8 N–H and O–H groups in total. The van der Waals surface area contributed by atoms with Gasteiger partial charge in [0.2, 0.25) is 0 Å². The molecule has 0 aliphatic heterocycles. The molecule has 0 saturated carbocycles. The Morgan fingerprint density at radius 1 is 0.895 bits per heavy atom. The van der Waals surface area contributed by atoms with Gasteiger partial charge < -0.3 is 12.3 Å². The summed E-state index contributed by atoms with van der Waals surface area (Å²) in [5, 5.41) is 7.06. The Morgan fingerprint density at radius 3 is 1.21 bits per heavy atom.